The lowest BCUT2D eigenvalue weighted by atomic mass is 11.0. The number of guanidine groups is 1. The lowest BCUT2D eigenvalue weighted by molar-refractivity contribution is -0.108. The maximum atomic E-state index is 9.71. The minimum atomic E-state index is 0.0926. The van der Waals surface area contributed by atoms with Crippen molar-refractivity contribution in [3.8, 4) is 0 Å². The van der Waals surface area contributed by atoms with E-state index >= 15 is 0 Å². The number of nitrogens with two attached hydrogens (primary N) is 1. The highest BCUT2D eigenvalue weighted by Crippen LogP contribution is 1.70. The third-order valence-electron chi connectivity index (χ3n) is 0.515. The van der Waals surface area contributed by atoms with Crippen molar-refractivity contribution >= 4 is 12.4 Å². The van der Waals surface area contributed by atoms with Gasteiger partial charge in [0.1, 0.15) is 0 Å². The number of carbonyl (C=O) groups excluding carboxylic acids is 1. The second-order valence-electron chi connectivity index (χ2n) is 1.59. The summed E-state index contributed by atoms with van der Waals surface area (Å²) >= 11 is 0. The minimum Gasteiger partial charge on any atom is -0.368 e. The van der Waals surface area contributed by atoms with Gasteiger partial charge in [0.05, 0.1) is 0 Å². The average molecular weight is 130 g/mol. The summed E-state index contributed by atoms with van der Waals surface area (Å²) in [6.07, 6.45) is 0.475. The molecule has 0 spiro atoms. The van der Waals surface area contributed by atoms with Crippen LogP contribution in [0.4, 0.5) is 0 Å². The van der Waals surface area contributed by atoms with Gasteiger partial charge in [-0.05, 0) is 0 Å². The smallest absolute Gasteiger partial charge is 0.217 e. The van der Waals surface area contributed by atoms with Crippen LogP contribution in [0.3, 0.4) is 0 Å². The molecule has 0 saturated heterocycles. The summed E-state index contributed by atoms with van der Waals surface area (Å²) in [5.74, 6) is 0.0926. The van der Waals surface area contributed by atoms with Crippen LogP contribution < -0.4 is 11.1 Å². The minimum absolute atomic E-state index is 0.0926. The Bertz CT molecular complexity index is 120. The average Bonchev–Trinajstić information content (AvgIpc) is 1.63. The van der Waals surface area contributed by atoms with E-state index in [2.05, 4.69) is 10.4 Å². The largest absolute Gasteiger partial charge is 0.368 e. The molecule has 5 heteroatoms. The normalized spacial score (nSPS) is 10.7. The Hall–Kier alpha value is -1.26. The molecule has 52 valence electrons. The Morgan fingerprint density at radius 2 is 2.33 bits per heavy atom. The van der Waals surface area contributed by atoms with Crippen molar-refractivity contribution in [2.24, 2.45) is 10.8 Å². The zero-order chi connectivity index (χ0) is 7.28. The molecule has 9 heavy (non-hydrogen) atoms. The number of hydrazone groups is 1. The van der Waals surface area contributed by atoms with Crippen LogP contribution >= 0.6 is 0 Å². The van der Waals surface area contributed by atoms with E-state index in [-0.39, 0.29) is 5.96 Å². The molecule has 0 radical (unpaired) electrons. The molecule has 5 nitrogen and oxygen atoms in total. The summed E-state index contributed by atoms with van der Waals surface area (Å²) in [6, 6.07) is 0. The van der Waals surface area contributed by atoms with E-state index in [1.807, 2.05) is 0 Å². The molecule has 0 aliphatic carbocycles. The summed E-state index contributed by atoms with van der Waals surface area (Å²) in [4.78, 5) is 9.71. The quantitative estimate of drug-likeness (QED) is 0.207. The molecule has 0 unspecified atom stereocenters. The number of hydrogen-bond donors (Lipinski definition) is 2. The lowest BCUT2D eigenvalue weighted by Gasteiger charge is -2.04. The van der Waals surface area contributed by atoms with Crippen molar-refractivity contribution in [1.82, 2.24) is 10.3 Å². The van der Waals surface area contributed by atoms with E-state index in [1.54, 1.807) is 14.1 Å². The van der Waals surface area contributed by atoms with Gasteiger partial charge in [-0.25, -0.2) is 0 Å². The van der Waals surface area contributed by atoms with Crippen LogP contribution in [0.15, 0.2) is 5.10 Å². The number of nitrogens with zero attached hydrogens (tertiary/aromatic N) is 2. The van der Waals surface area contributed by atoms with Gasteiger partial charge in [-0.3, -0.25) is 15.1 Å². The van der Waals surface area contributed by atoms with Gasteiger partial charge in [0, 0.05) is 14.1 Å². The molecule has 0 saturated carbocycles. The fraction of sp³-hybridized carbons (Fsp3) is 0.500. The Morgan fingerprint density at radius 3 is 2.67 bits per heavy atom. The summed E-state index contributed by atoms with van der Waals surface area (Å²) < 4.78 is 0. The highest BCUT2D eigenvalue weighted by Gasteiger charge is 1.85. The van der Waals surface area contributed by atoms with E-state index in [1.165, 1.54) is 5.01 Å². The molecule has 0 bridgehead atoms. The Balaban J connectivity index is 3.68. The Labute approximate surface area is 53.5 Å². The fourth-order valence-electron chi connectivity index (χ4n) is 0.305. The number of amides is 1. The van der Waals surface area contributed by atoms with Crippen LogP contribution in [0.1, 0.15) is 0 Å². The zero-order valence-electron chi connectivity index (χ0n) is 5.46. The van der Waals surface area contributed by atoms with Crippen LogP contribution in [0, 0.1) is 0 Å². The van der Waals surface area contributed by atoms with Gasteiger partial charge < -0.3 is 5.73 Å². The molecular formula is C4H10N4O. The van der Waals surface area contributed by atoms with E-state index < -0.39 is 0 Å². The van der Waals surface area contributed by atoms with Crippen LogP contribution in [0.25, 0.3) is 0 Å². The monoisotopic (exact) mass is 130 g/mol. The topological polar surface area (TPSA) is 70.7 Å². The van der Waals surface area contributed by atoms with Crippen molar-refractivity contribution in [1.29, 1.82) is 0 Å². The third kappa shape index (κ3) is 4.60. The van der Waals surface area contributed by atoms with Gasteiger partial charge in [0.2, 0.25) is 12.4 Å². The third-order valence-corrected chi connectivity index (χ3v) is 0.515. The highest BCUT2D eigenvalue weighted by atomic mass is 16.1. The first kappa shape index (κ1) is 7.74. The molecule has 0 aliphatic rings. The molecule has 0 aliphatic heterocycles. The van der Waals surface area contributed by atoms with Gasteiger partial charge in [0.15, 0.2) is 0 Å². The number of carbonyl (C=O) groups is 1. The lowest BCUT2D eigenvalue weighted by Crippen LogP contribution is -2.32. The van der Waals surface area contributed by atoms with Crippen LogP contribution in [0.2, 0.25) is 0 Å². The number of hydrogen-bond acceptors (Lipinski definition) is 3. The highest BCUT2D eigenvalue weighted by molar-refractivity contribution is 5.86. The van der Waals surface area contributed by atoms with E-state index in [0.29, 0.717) is 6.41 Å². The van der Waals surface area contributed by atoms with E-state index in [4.69, 9.17) is 5.73 Å². The number of nitrogens with one attached hydrogen (secondary N) is 1. The van der Waals surface area contributed by atoms with Gasteiger partial charge in [0.25, 0.3) is 0 Å². The van der Waals surface area contributed by atoms with Crippen molar-refractivity contribution in [2.75, 3.05) is 14.1 Å². The molecule has 1 amide bonds. The summed E-state index contributed by atoms with van der Waals surface area (Å²) in [5.41, 5.74) is 5.15. The summed E-state index contributed by atoms with van der Waals surface area (Å²) in [5, 5.41) is 7.33. The SMILES string of the molecule is CN(C)N=C(N)NC=O. The predicted octanol–water partition coefficient (Wildman–Crippen LogP) is -1.48. The second kappa shape index (κ2) is 3.71. The summed E-state index contributed by atoms with van der Waals surface area (Å²) in [6.45, 7) is 0. The van der Waals surface area contributed by atoms with Crippen molar-refractivity contribution in [3.63, 3.8) is 0 Å². The van der Waals surface area contributed by atoms with Gasteiger partial charge >= 0.3 is 0 Å². The molecule has 0 aromatic carbocycles. The maximum Gasteiger partial charge on any atom is 0.217 e. The molecule has 3 N–H and O–H groups in total. The molecule has 0 fully saturated rings. The zero-order valence-corrected chi connectivity index (χ0v) is 5.46. The predicted molar refractivity (Wildman–Crippen MR) is 34.5 cm³/mol. The van der Waals surface area contributed by atoms with Gasteiger partial charge in [-0.15, -0.1) is 5.10 Å². The van der Waals surface area contributed by atoms with Gasteiger partial charge in [-0.2, -0.15) is 0 Å². The maximum absolute atomic E-state index is 9.71. The molecule has 0 aromatic rings. The van der Waals surface area contributed by atoms with Crippen LogP contribution in [0.5, 0.6) is 0 Å². The Kier molecular flexibility index (Phi) is 3.19. The molecule has 0 rings (SSSR count). The molecule has 0 atom stereocenters. The number of rotatable bonds is 2. The molecule has 0 aromatic heterocycles. The fourth-order valence-corrected chi connectivity index (χ4v) is 0.305. The first-order chi connectivity index (χ1) is 4.16. The van der Waals surface area contributed by atoms with E-state index in [0.717, 1.165) is 0 Å². The van der Waals surface area contributed by atoms with Crippen LogP contribution in [-0.2, 0) is 4.79 Å². The summed E-state index contributed by atoms with van der Waals surface area (Å²) in [7, 11) is 3.42. The first-order valence-electron chi connectivity index (χ1n) is 2.38. The standard InChI is InChI=1S/C4H10N4O/c1-8(2)7-4(5)6-3-9/h3H,1-2H3,(H3,5,6,7,9). The Morgan fingerprint density at radius 1 is 1.78 bits per heavy atom. The van der Waals surface area contributed by atoms with Gasteiger partial charge in [-0.1, -0.05) is 0 Å². The second-order valence-corrected chi connectivity index (χ2v) is 1.59. The van der Waals surface area contributed by atoms with Crippen LogP contribution in [-0.4, -0.2) is 31.5 Å². The molecular weight excluding hydrogens is 120 g/mol. The van der Waals surface area contributed by atoms with Crippen molar-refractivity contribution < 1.29 is 4.79 Å². The first-order valence-corrected chi connectivity index (χ1v) is 2.38. The van der Waals surface area contributed by atoms with E-state index in [9.17, 15) is 4.79 Å². The van der Waals surface area contributed by atoms with Crippen molar-refractivity contribution in [2.45, 2.75) is 0 Å². The molecule has 0 heterocycles. The van der Waals surface area contributed by atoms with Crippen molar-refractivity contribution in [3.05, 3.63) is 0 Å².